The number of nitrogens with zero attached hydrogens (tertiary/aromatic N) is 3. The van der Waals surface area contributed by atoms with Crippen LogP contribution in [0.3, 0.4) is 0 Å². The summed E-state index contributed by atoms with van der Waals surface area (Å²) in [7, 11) is 0. The molecule has 0 unspecified atom stereocenters. The Balaban J connectivity index is 1.61. The third kappa shape index (κ3) is 5.80. The molecule has 1 fully saturated rings. The number of anilines is 1. The van der Waals surface area contributed by atoms with Crippen molar-refractivity contribution in [1.29, 1.82) is 0 Å². The van der Waals surface area contributed by atoms with Gasteiger partial charge < -0.3 is 14.8 Å². The Hall–Kier alpha value is -3.44. The first kappa shape index (κ1) is 24.7. The summed E-state index contributed by atoms with van der Waals surface area (Å²) in [6.45, 7) is 2.61. The Bertz CT molecular complexity index is 1360. The van der Waals surface area contributed by atoms with Crippen molar-refractivity contribution in [2.24, 2.45) is 0 Å². The van der Waals surface area contributed by atoms with Gasteiger partial charge in [0.2, 0.25) is 0 Å². The van der Waals surface area contributed by atoms with Gasteiger partial charge in [-0.2, -0.15) is 0 Å². The number of furan rings is 1. The van der Waals surface area contributed by atoms with Crippen molar-refractivity contribution in [1.82, 2.24) is 14.3 Å². The van der Waals surface area contributed by atoms with Crippen LogP contribution in [0.5, 0.6) is 0 Å². The number of carboxylic acid groups (broad SMARTS) is 1. The fraction of sp³-hybridized carbons (Fsp3) is 0.292. The van der Waals surface area contributed by atoms with Crippen LogP contribution in [0.4, 0.5) is 5.82 Å². The smallest absolute Gasteiger partial charge is 0.303 e. The molecular weight excluding hydrogens is 488 g/mol. The molecule has 0 aromatic carbocycles. The number of nitrogens with one attached hydrogen (secondary N) is 1. The van der Waals surface area contributed by atoms with E-state index in [-0.39, 0.29) is 23.5 Å². The van der Waals surface area contributed by atoms with E-state index >= 15 is 0 Å². The molecule has 4 rings (SSSR count). The van der Waals surface area contributed by atoms with Crippen LogP contribution < -0.4 is 10.9 Å². The highest BCUT2D eigenvalue weighted by Crippen LogP contribution is 2.33. The number of aliphatic carboxylic acids is 1. The van der Waals surface area contributed by atoms with Crippen LogP contribution in [-0.4, -0.2) is 42.1 Å². The fourth-order valence-corrected chi connectivity index (χ4v) is 4.94. The fourth-order valence-electron chi connectivity index (χ4n) is 3.65. The Morgan fingerprint density at radius 1 is 1.26 bits per heavy atom. The lowest BCUT2D eigenvalue weighted by Crippen LogP contribution is -2.29. The van der Waals surface area contributed by atoms with Crippen molar-refractivity contribution < 1.29 is 19.1 Å². The van der Waals surface area contributed by atoms with Crippen molar-refractivity contribution in [2.75, 3.05) is 11.9 Å². The molecule has 2 N–H and O–H groups in total. The first-order chi connectivity index (χ1) is 16.8. The second-order valence-electron chi connectivity index (χ2n) is 8.08. The third-order valence-corrected chi connectivity index (χ3v) is 6.81. The SMILES string of the molecule is Cc1ccc2nc(NCc3ccco3)c(/C=C3\SC(=S)N(CCCCCC(=O)O)C3=O)c(=O)n2c1. The summed E-state index contributed by atoms with van der Waals surface area (Å²) in [5.74, 6) is -0.0882. The number of carbonyl (C=O) groups excluding carboxylic acids is 1. The molecule has 9 nitrogen and oxygen atoms in total. The maximum absolute atomic E-state index is 13.4. The first-order valence-electron chi connectivity index (χ1n) is 11.1. The molecule has 0 atom stereocenters. The van der Waals surface area contributed by atoms with Crippen LogP contribution >= 0.6 is 24.0 Å². The van der Waals surface area contributed by atoms with Crippen molar-refractivity contribution >= 4 is 57.7 Å². The van der Waals surface area contributed by atoms with Gasteiger partial charge in [0.05, 0.1) is 23.3 Å². The van der Waals surface area contributed by atoms with Crippen molar-refractivity contribution in [3.63, 3.8) is 0 Å². The average Bonchev–Trinajstić information content (AvgIpc) is 3.43. The third-order valence-electron chi connectivity index (χ3n) is 5.44. The molecule has 0 aliphatic carbocycles. The number of unbranched alkanes of at least 4 members (excludes halogenated alkanes) is 2. The van der Waals surface area contributed by atoms with Crippen LogP contribution in [-0.2, 0) is 16.1 Å². The molecule has 0 spiro atoms. The number of carboxylic acids is 1. The number of thioether (sulfide) groups is 1. The Morgan fingerprint density at radius 3 is 2.83 bits per heavy atom. The van der Waals surface area contributed by atoms with E-state index in [1.165, 1.54) is 15.4 Å². The summed E-state index contributed by atoms with van der Waals surface area (Å²) >= 11 is 6.54. The molecule has 1 aliphatic heterocycles. The molecule has 3 aromatic rings. The molecule has 0 saturated carbocycles. The number of aryl methyl sites for hydroxylation is 1. The van der Waals surface area contributed by atoms with Gasteiger partial charge >= 0.3 is 5.97 Å². The minimum absolute atomic E-state index is 0.102. The Kier molecular flexibility index (Phi) is 7.67. The van der Waals surface area contributed by atoms with Crippen LogP contribution in [0.25, 0.3) is 11.7 Å². The van der Waals surface area contributed by atoms with Gasteiger partial charge in [-0.25, -0.2) is 4.98 Å². The van der Waals surface area contributed by atoms with Crippen molar-refractivity contribution in [3.8, 4) is 0 Å². The van der Waals surface area contributed by atoms with E-state index in [9.17, 15) is 14.4 Å². The molecule has 182 valence electrons. The maximum Gasteiger partial charge on any atom is 0.303 e. The minimum atomic E-state index is -0.833. The van der Waals surface area contributed by atoms with E-state index in [4.69, 9.17) is 21.7 Å². The van der Waals surface area contributed by atoms with E-state index in [1.807, 2.05) is 19.1 Å². The summed E-state index contributed by atoms with van der Waals surface area (Å²) in [6, 6.07) is 7.23. The van der Waals surface area contributed by atoms with Gasteiger partial charge in [-0.3, -0.25) is 23.7 Å². The summed E-state index contributed by atoms with van der Waals surface area (Å²) in [4.78, 5) is 43.6. The van der Waals surface area contributed by atoms with Gasteiger partial charge in [0.1, 0.15) is 21.5 Å². The molecule has 4 heterocycles. The van der Waals surface area contributed by atoms with Gasteiger partial charge in [0.25, 0.3) is 11.5 Å². The van der Waals surface area contributed by atoms with Gasteiger partial charge in [0.15, 0.2) is 0 Å². The first-order valence-corrected chi connectivity index (χ1v) is 12.3. The zero-order chi connectivity index (χ0) is 24.9. The van der Waals surface area contributed by atoms with E-state index in [0.29, 0.717) is 58.8 Å². The monoisotopic (exact) mass is 512 g/mol. The van der Waals surface area contributed by atoms with Gasteiger partial charge in [-0.15, -0.1) is 0 Å². The number of thiocarbonyl (C=S) groups is 1. The topological polar surface area (TPSA) is 117 Å². The number of amides is 1. The standard InChI is InChI=1S/C24H24N4O5S2/c1-15-8-9-19-26-21(25-13-16-6-5-11-33-16)17(22(31)28(19)14-15)12-18-23(32)27(24(34)35-18)10-4-2-3-7-20(29)30/h5-6,8-9,11-12,14,25H,2-4,7,10,13H2,1H3,(H,29,30)/b18-12-. The van der Waals surface area contributed by atoms with Crippen molar-refractivity contribution in [2.45, 2.75) is 39.2 Å². The van der Waals surface area contributed by atoms with Crippen LogP contribution in [0.1, 0.15) is 42.6 Å². The number of aromatic nitrogens is 2. The van der Waals surface area contributed by atoms with E-state index in [2.05, 4.69) is 10.3 Å². The van der Waals surface area contributed by atoms with Crippen LogP contribution in [0.15, 0.2) is 50.8 Å². The number of carbonyl (C=O) groups is 2. The van der Waals surface area contributed by atoms with E-state index in [1.54, 1.807) is 24.6 Å². The van der Waals surface area contributed by atoms with Crippen LogP contribution in [0, 0.1) is 6.92 Å². The summed E-state index contributed by atoms with van der Waals surface area (Å²) in [5, 5.41) is 11.9. The van der Waals surface area contributed by atoms with Crippen LogP contribution in [0.2, 0.25) is 0 Å². The zero-order valence-corrected chi connectivity index (χ0v) is 20.7. The number of hydrogen-bond donors (Lipinski definition) is 2. The zero-order valence-electron chi connectivity index (χ0n) is 19.0. The predicted molar refractivity (Wildman–Crippen MR) is 138 cm³/mol. The Morgan fingerprint density at radius 2 is 2.09 bits per heavy atom. The summed E-state index contributed by atoms with van der Waals surface area (Å²) < 4.78 is 7.24. The van der Waals surface area contributed by atoms with Gasteiger partial charge in [-0.1, -0.05) is 36.5 Å². The van der Waals surface area contributed by atoms with Gasteiger partial charge in [0, 0.05) is 19.2 Å². The molecule has 1 saturated heterocycles. The highest BCUT2D eigenvalue weighted by atomic mass is 32.2. The lowest BCUT2D eigenvalue weighted by Gasteiger charge is -2.14. The number of hydrogen-bond acceptors (Lipinski definition) is 8. The van der Waals surface area contributed by atoms with E-state index < -0.39 is 5.97 Å². The summed E-state index contributed by atoms with van der Waals surface area (Å²) in [6.07, 6.45) is 6.78. The second-order valence-corrected chi connectivity index (χ2v) is 9.76. The van der Waals surface area contributed by atoms with Gasteiger partial charge in [-0.05, 0) is 49.6 Å². The molecule has 35 heavy (non-hydrogen) atoms. The molecular formula is C24H24N4O5S2. The highest BCUT2D eigenvalue weighted by molar-refractivity contribution is 8.26. The predicted octanol–water partition coefficient (Wildman–Crippen LogP) is 4.05. The number of fused-ring (bicyclic) bond motifs is 1. The quantitative estimate of drug-likeness (QED) is 0.236. The molecule has 3 aromatic heterocycles. The lowest BCUT2D eigenvalue weighted by molar-refractivity contribution is -0.137. The lowest BCUT2D eigenvalue weighted by atomic mass is 10.2. The minimum Gasteiger partial charge on any atom is -0.481 e. The second kappa shape index (κ2) is 10.9. The highest BCUT2D eigenvalue weighted by Gasteiger charge is 2.32. The van der Waals surface area contributed by atoms with Crippen molar-refractivity contribution in [3.05, 3.63) is 68.9 Å². The average molecular weight is 513 g/mol. The molecule has 1 amide bonds. The number of rotatable bonds is 10. The largest absolute Gasteiger partial charge is 0.481 e. The molecule has 0 radical (unpaired) electrons. The molecule has 1 aliphatic rings. The Labute approximate surface area is 210 Å². The summed E-state index contributed by atoms with van der Waals surface area (Å²) in [5.41, 5.74) is 1.33. The molecule has 0 bridgehead atoms. The molecule has 11 heteroatoms. The normalized spacial score (nSPS) is 14.9. The maximum atomic E-state index is 13.4. The van der Waals surface area contributed by atoms with E-state index in [0.717, 1.165) is 17.3 Å². The number of pyridine rings is 1.